The number of rotatable bonds is 3. The van der Waals surface area contributed by atoms with Gasteiger partial charge in [0.25, 0.3) is 0 Å². The summed E-state index contributed by atoms with van der Waals surface area (Å²) >= 11 is 0. The van der Waals surface area contributed by atoms with Crippen molar-refractivity contribution in [3.63, 3.8) is 0 Å². The molecule has 1 amide bonds. The molecule has 0 saturated heterocycles. The zero-order valence-corrected chi connectivity index (χ0v) is 6.36. The predicted octanol–water partition coefficient (Wildman–Crippen LogP) is 0.644. The van der Waals surface area contributed by atoms with E-state index in [1.54, 1.807) is 5.32 Å². The maximum atomic E-state index is 11.5. The molecule has 0 spiro atoms. The van der Waals surface area contributed by atoms with E-state index in [2.05, 4.69) is 0 Å². The number of halogens is 3. The first-order chi connectivity index (χ1) is 5.34. The smallest absolute Gasteiger partial charge is 0.348 e. The lowest BCUT2D eigenvalue weighted by molar-refractivity contribution is -0.173. The van der Waals surface area contributed by atoms with Crippen molar-refractivity contribution >= 4 is 11.7 Å². The number of amides is 1. The van der Waals surface area contributed by atoms with Gasteiger partial charge < -0.3 is 5.32 Å². The number of ketones is 1. The van der Waals surface area contributed by atoms with Gasteiger partial charge in [-0.1, -0.05) is 0 Å². The van der Waals surface area contributed by atoms with E-state index in [9.17, 15) is 22.8 Å². The summed E-state index contributed by atoms with van der Waals surface area (Å²) in [6, 6.07) is 0. The highest BCUT2D eigenvalue weighted by Gasteiger charge is 2.38. The van der Waals surface area contributed by atoms with Crippen LogP contribution in [0.3, 0.4) is 0 Å². The summed E-state index contributed by atoms with van der Waals surface area (Å²) in [5, 5.41) is 1.57. The van der Waals surface area contributed by atoms with E-state index >= 15 is 0 Å². The molecule has 0 aliphatic rings. The Bertz CT molecular complexity index is 188. The SMILES string of the molecule is CC(=O)CCNC(=O)C(F)(F)F. The molecule has 0 radical (unpaired) electrons. The molecule has 0 saturated carbocycles. The van der Waals surface area contributed by atoms with Gasteiger partial charge in [-0.3, -0.25) is 9.59 Å². The molecule has 0 rings (SSSR count). The van der Waals surface area contributed by atoms with E-state index in [1.807, 2.05) is 0 Å². The molecule has 0 unspecified atom stereocenters. The standard InChI is InChI=1S/C6H8F3NO2/c1-4(11)2-3-10-5(12)6(7,8)9/h2-3H2,1H3,(H,10,12). The highest BCUT2D eigenvalue weighted by molar-refractivity contribution is 5.82. The second-order valence-corrected chi connectivity index (χ2v) is 2.21. The minimum absolute atomic E-state index is 0.0815. The first-order valence-electron chi connectivity index (χ1n) is 3.18. The molecule has 0 aromatic carbocycles. The van der Waals surface area contributed by atoms with E-state index in [0.29, 0.717) is 0 Å². The van der Waals surface area contributed by atoms with Crippen molar-refractivity contribution in [1.29, 1.82) is 0 Å². The number of nitrogens with one attached hydrogen (secondary N) is 1. The fourth-order valence-electron chi connectivity index (χ4n) is 0.452. The Balaban J connectivity index is 3.66. The van der Waals surface area contributed by atoms with Gasteiger partial charge in [0.05, 0.1) is 0 Å². The van der Waals surface area contributed by atoms with Crippen LogP contribution in [0.15, 0.2) is 0 Å². The van der Waals surface area contributed by atoms with Gasteiger partial charge in [-0.2, -0.15) is 13.2 Å². The Labute approximate surface area is 66.9 Å². The van der Waals surface area contributed by atoms with Gasteiger partial charge >= 0.3 is 12.1 Å². The molecular formula is C6H8F3NO2. The fourth-order valence-corrected chi connectivity index (χ4v) is 0.452. The van der Waals surface area contributed by atoms with E-state index in [4.69, 9.17) is 0 Å². The van der Waals surface area contributed by atoms with Crippen LogP contribution in [0.5, 0.6) is 0 Å². The molecule has 0 aromatic heterocycles. The van der Waals surface area contributed by atoms with Gasteiger partial charge in [0.15, 0.2) is 0 Å². The van der Waals surface area contributed by atoms with Crippen LogP contribution in [0.1, 0.15) is 13.3 Å². The monoisotopic (exact) mass is 183 g/mol. The third-order valence-electron chi connectivity index (χ3n) is 1.02. The molecule has 3 nitrogen and oxygen atoms in total. The molecule has 12 heavy (non-hydrogen) atoms. The molecule has 0 atom stereocenters. The maximum Gasteiger partial charge on any atom is 0.471 e. The van der Waals surface area contributed by atoms with Gasteiger partial charge in [-0.15, -0.1) is 0 Å². The van der Waals surface area contributed by atoms with Gasteiger partial charge in [-0.05, 0) is 6.92 Å². The first kappa shape index (κ1) is 10.9. The van der Waals surface area contributed by atoms with Gasteiger partial charge in [0.1, 0.15) is 5.78 Å². The Morgan fingerprint density at radius 1 is 1.33 bits per heavy atom. The van der Waals surface area contributed by atoms with E-state index in [1.165, 1.54) is 6.92 Å². The van der Waals surface area contributed by atoms with Gasteiger partial charge in [0.2, 0.25) is 0 Å². The zero-order valence-electron chi connectivity index (χ0n) is 6.36. The minimum Gasteiger partial charge on any atom is -0.348 e. The molecule has 0 aromatic rings. The second-order valence-electron chi connectivity index (χ2n) is 2.21. The molecule has 0 fully saturated rings. The summed E-state index contributed by atoms with van der Waals surface area (Å²) in [6.07, 6.45) is -4.95. The van der Waals surface area contributed by atoms with E-state index in [0.717, 1.165) is 0 Å². The average molecular weight is 183 g/mol. The summed E-state index contributed by atoms with van der Waals surface area (Å²) in [4.78, 5) is 20.3. The fraction of sp³-hybridized carbons (Fsp3) is 0.667. The summed E-state index contributed by atoms with van der Waals surface area (Å²) in [6.45, 7) is 0.966. The van der Waals surface area contributed by atoms with Crippen LogP contribution in [0, 0.1) is 0 Å². The average Bonchev–Trinajstić information content (AvgIpc) is 1.84. The number of Topliss-reactive ketones (excluding diaryl/α,β-unsaturated/α-hetero) is 1. The number of hydrogen-bond donors (Lipinski definition) is 1. The Morgan fingerprint density at radius 3 is 2.17 bits per heavy atom. The van der Waals surface area contributed by atoms with Crippen LogP contribution in [-0.4, -0.2) is 24.4 Å². The maximum absolute atomic E-state index is 11.5. The third kappa shape index (κ3) is 4.70. The van der Waals surface area contributed by atoms with Crippen LogP contribution >= 0.6 is 0 Å². The Morgan fingerprint density at radius 2 is 1.83 bits per heavy atom. The van der Waals surface area contributed by atoms with E-state index < -0.39 is 12.1 Å². The summed E-state index contributed by atoms with van der Waals surface area (Å²) in [7, 11) is 0. The van der Waals surface area contributed by atoms with Crippen molar-refractivity contribution in [2.75, 3.05) is 6.54 Å². The Hall–Kier alpha value is -1.07. The molecule has 0 heterocycles. The highest BCUT2D eigenvalue weighted by Crippen LogP contribution is 2.13. The number of hydrogen-bond acceptors (Lipinski definition) is 2. The predicted molar refractivity (Wildman–Crippen MR) is 34.4 cm³/mol. The molecule has 0 aliphatic carbocycles. The lowest BCUT2D eigenvalue weighted by atomic mass is 10.3. The van der Waals surface area contributed by atoms with Gasteiger partial charge in [-0.25, -0.2) is 0 Å². The number of carbonyl (C=O) groups excluding carboxylic acids is 2. The highest BCUT2D eigenvalue weighted by atomic mass is 19.4. The zero-order chi connectivity index (χ0) is 9.78. The lowest BCUT2D eigenvalue weighted by Crippen LogP contribution is -2.37. The van der Waals surface area contributed by atoms with Crippen molar-refractivity contribution in [3.8, 4) is 0 Å². The number of alkyl halides is 3. The van der Waals surface area contributed by atoms with Crippen LogP contribution in [0.2, 0.25) is 0 Å². The quantitative estimate of drug-likeness (QED) is 0.698. The summed E-state index contributed by atoms with van der Waals surface area (Å²) in [5.41, 5.74) is 0. The molecule has 0 bridgehead atoms. The van der Waals surface area contributed by atoms with Crippen molar-refractivity contribution in [1.82, 2.24) is 5.32 Å². The number of carbonyl (C=O) groups is 2. The van der Waals surface area contributed by atoms with Crippen molar-refractivity contribution < 1.29 is 22.8 Å². The first-order valence-corrected chi connectivity index (χ1v) is 3.18. The molecular weight excluding hydrogens is 175 g/mol. The van der Waals surface area contributed by atoms with E-state index in [-0.39, 0.29) is 18.7 Å². The topological polar surface area (TPSA) is 46.2 Å². The summed E-state index contributed by atoms with van der Waals surface area (Å²) in [5.74, 6) is -2.28. The third-order valence-corrected chi connectivity index (χ3v) is 1.02. The lowest BCUT2D eigenvalue weighted by Gasteiger charge is -2.05. The van der Waals surface area contributed by atoms with Crippen molar-refractivity contribution in [2.45, 2.75) is 19.5 Å². The van der Waals surface area contributed by atoms with Gasteiger partial charge in [0, 0.05) is 13.0 Å². The van der Waals surface area contributed by atoms with Crippen LogP contribution in [-0.2, 0) is 9.59 Å². The molecule has 70 valence electrons. The van der Waals surface area contributed by atoms with Crippen molar-refractivity contribution in [3.05, 3.63) is 0 Å². The van der Waals surface area contributed by atoms with Crippen LogP contribution in [0.4, 0.5) is 13.2 Å². The molecule has 0 aliphatic heterocycles. The van der Waals surface area contributed by atoms with Crippen LogP contribution in [0.25, 0.3) is 0 Å². The summed E-state index contributed by atoms with van der Waals surface area (Å²) < 4.78 is 34.4. The second kappa shape index (κ2) is 4.08. The normalized spacial score (nSPS) is 11.0. The molecule has 6 heteroatoms. The van der Waals surface area contributed by atoms with Crippen LogP contribution < -0.4 is 5.32 Å². The minimum atomic E-state index is -4.86. The Kier molecular flexibility index (Phi) is 3.72. The molecule has 1 N–H and O–H groups in total. The largest absolute Gasteiger partial charge is 0.471 e. The van der Waals surface area contributed by atoms with Crippen molar-refractivity contribution in [2.24, 2.45) is 0 Å².